The molecule has 0 spiro atoms. The van der Waals surface area contributed by atoms with Crippen molar-refractivity contribution in [3.63, 3.8) is 0 Å². The van der Waals surface area contributed by atoms with E-state index in [4.69, 9.17) is 0 Å². The molecule has 0 aliphatic heterocycles. The molecule has 2 bridgehead atoms. The Balaban J connectivity index is 2.50. The second-order valence-electron chi connectivity index (χ2n) is 5.01. The highest BCUT2D eigenvalue weighted by molar-refractivity contribution is 5.93. The third-order valence-corrected chi connectivity index (χ3v) is 4.50. The molecule has 0 radical (unpaired) electrons. The lowest BCUT2D eigenvalue weighted by Crippen LogP contribution is -2.34. The van der Waals surface area contributed by atoms with Crippen LogP contribution in [-0.2, 0) is 4.79 Å². The SMILES string of the molecule is CC1(C)[C@H]2CC[C@]1(C)C(=O)[C@@H]2O. The Morgan fingerprint density at radius 3 is 2.25 bits per heavy atom. The molecule has 0 amide bonds. The summed E-state index contributed by atoms with van der Waals surface area (Å²) in [6.07, 6.45) is 1.29. The minimum Gasteiger partial charge on any atom is -0.385 e. The van der Waals surface area contributed by atoms with Crippen LogP contribution in [0.4, 0.5) is 0 Å². The van der Waals surface area contributed by atoms with E-state index in [0.29, 0.717) is 0 Å². The molecule has 68 valence electrons. The van der Waals surface area contributed by atoms with Crippen LogP contribution in [-0.4, -0.2) is 17.0 Å². The summed E-state index contributed by atoms with van der Waals surface area (Å²) in [5, 5.41) is 9.64. The van der Waals surface area contributed by atoms with Gasteiger partial charge in [0.2, 0.25) is 0 Å². The van der Waals surface area contributed by atoms with Gasteiger partial charge in [0.1, 0.15) is 6.10 Å². The highest BCUT2D eigenvalue weighted by Gasteiger charge is 2.65. The molecule has 2 saturated carbocycles. The molecule has 2 aliphatic carbocycles. The van der Waals surface area contributed by atoms with E-state index >= 15 is 0 Å². The van der Waals surface area contributed by atoms with Gasteiger partial charge in [-0.3, -0.25) is 4.79 Å². The predicted octanol–water partition coefficient (Wildman–Crippen LogP) is 1.37. The van der Waals surface area contributed by atoms with Crippen molar-refractivity contribution in [1.29, 1.82) is 0 Å². The second-order valence-corrected chi connectivity index (χ2v) is 5.01. The van der Waals surface area contributed by atoms with Crippen molar-refractivity contribution in [1.82, 2.24) is 0 Å². The zero-order valence-electron chi connectivity index (χ0n) is 7.92. The quantitative estimate of drug-likeness (QED) is 0.593. The van der Waals surface area contributed by atoms with Crippen LogP contribution < -0.4 is 0 Å². The molecule has 3 atom stereocenters. The van der Waals surface area contributed by atoms with Gasteiger partial charge >= 0.3 is 0 Å². The molecule has 2 aliphatic rings. The molecule has 1 N–H and O–H groups in total. The number of aliphatic hydroxyl groups is 1. The molecule has 12 heavy (non-hydrogen) atoms. The number of carbonyl (C=O) groups excluding carboxylic acids is 1. The highest BCUT2D eigenvalue weighted by atomic mass is 16.3. The Morgan fingerprint density at radius 1 is 1.42 bits per heavy atom. The van der Waals surface area contributed by atoms with Gasteiger partial charge in [-0.2, -0.15) is 0 Å². The number of hydrogen-bond acceptors (Lipinski definition) is 2. The minimum absolute atomic E-state index is 0.00347. The molecule has 0 aromatic carbocycles. The lowest BCUT2D eigenvalue weighted by molar-refractivity contribution is -0.135. The second kappa shape index (κ2) is 1.92. The zero-order valence-corrected chi connectivity index (χ0v) is 7.92. The van der Waals surface area contributed by atoms with Crippen LogP contribution in [0, 0.1) is 16.7 Å². The van der Waals surface area contributed by atoms with Gasteiger partial charge in [0.15, 0.2) is 5.78 Å². The zero-order chi connectivity index (χ0) is 9.15. The first kappa shape index (κ1) is 8.24. The smallest absolute Gasteiger partial charge is 0.167 e. The third-order valence-electron chi connectivity index (χ3n) is 4.50. The van der Waals surface area contributed by atoms with Crippen LogP contribution in [0.15, 0.2) is 0 Å². The third kappa shape index (κ3) is 0.598. The molecule has 0 aromatic heterocycles. The van der Waals surface area contributed by atoms with Gasteiger partial charge in [-0.05, 0) is 24.2 Å². The van der Waals surface area contributed by atoms with Crippen LogP contribution in [0.5, 0.6) is 0 Å². The first-order valence-electron chi connectivity index (χ1n) is 4.63. The first-order chi connectivity index (χ1) is 5.41. The summed E-state index contributed by atoms with van der Waals surface area (Å²) in [5.74, 6) is 0.277. The molecule has 0 unspecified atom stereocenters. The largest absolute Gasteiger partial charge is 0.385 e. The lowest BCUT2D eigenvalue weighted by Gasteiger charge is -2.31. The van der Waals surface area contributed by atoms with Crippen LogP contribution in [0.2, 0.25) is 0 Å². The van der Waals surface area contributed by atoms with E-state index in [-0.39, 0.29) is 22.5 Å². The number of rotatable bonds is 0. The summed E-state index contributed by atoms with van der Waals surface area (Å²) in [6, 6.07) is 0. The Bertz CT molecular complexity index is 244. The maximum Gasteiger partial charge on any atom is 0.167 e. The molecule has 2 nitrogen and oxygen atoms in total. The van der Waals surface area contributed by atoms with Crippen molar-refractivity contribution < 1.29 is 9.90 Å². The van der Waals surface area contributed by atoms with Crippen molar-refractivity contribution in [2.45, 2.75) is 39.7 Å². The predicted molar refractivity (Wildman–Crippen MR) is 45.6 cm³/mol. The minimum atomic E-state index is -0.682. The summed E-state index contributed by atoms with van der Waals surface area (Å²) in [5.41, 5.74) is -0.249. The molecule has 2 fully saturated rings. The van der Waals surface area contributed by atoms with E-state index in [2.05, 4.69) is 13.8 Å². The van der Waals surface area contributed by atoms with E-state index in [9.17, 15) is 9.90 Å². The molecule has 0 heterocycles. The van der Waals surface area contributed by atoms with Gasteiger partial charge in [0.25, 0.3) is 0 Å². The first-order valence-corrected chi connectivity index (χ1v) is 4.63. The molecule has 0 saturated heterocycles. The topological polar surface area (TPSA) is 37.3 Å². The Morgan fingerprint density at radius 2 is 2.00 bits per heavy atom. The summed E-state index contributed by atoms with van der Waals surface area (Å²) < 4.78 is 0. The number of aliphatic hydroxyl groups excluding tert-OH is 1. The molecular weight excluding hydrogens is 152 g/mol. The summed E-state index contributed by atoms with van der Waals surface area (Å²) >= 11 is 0. The maximum atomic E-state index is 11.7. The van der Waals surface area contributed by atoms with Gasteiger partial charge in [0.05, 0.1) is 0 Å². The fourth-order valence-electron chi connectivity index (χ4n) is 3.04. The van der Waals surface area contributed by atoms with Crippen molar-refractivity contribution in [2.75, 3.05) is 0 Å². The number of ketones is 1. The Labute approximate surface area is 73.0 Å². The maximum absolute atomic E-state index is 11.7. The molecule has 2 heteroatoms. The van der Waals surface area contributed by atoms with Gasteiger partial charge < -0.3 is 5.11 Å². The molecule has 2 rings (SSSR count). The number of fused-ring (bicyclic) bond motifs is 2. The van der Waals surface area contributed by atoms with Crippen molar-refractivity contribution in [3.8, 4) is 0 Å². The average molecular weight is 168 g/mol. The van der Waals surface area contributed by atoms with E-state index in [1.165, 1.54) is 0 Å². The standard InChI is InChI=1S/C10H16O2/c1-9(2)6-4-5-10(9,3)8(12)7(6)11/h6-7,11H,4-5H2,1-3H3/t6-,7+,10+/m0/s1. The fraction of sp³-hybridized carbons (Fsp3) is 0.900. The summed E-state index contributed by atoms with van der Waals surface area (Å²) in [4.78, 5) is 11.7. The Hall–Kier alpha value is -0.370. The average Bonchev–Trinajstić information content (AvgIpc) is 2.26. The van der Waals surface area contributed by atoms with Gasteiger partial charge in [-0.1, -0.05) is 20.8 Å². The van der Waals surface area contributed by atoms with Crippen LogP contribution in [0.25, 0.3) is 0 Å². The molecule has 0 aromatic rings. The van der Waals surface area contributed by atoms with Crippen molar-refractivity contribution in [3.05, 3.63) is 0 Å². The highest BCUT2D eigenvalue weighted by Crippen LogP contribution is 2.63. The number of hydrogen-bond donors (Lipinski definition) is 1. The van der Waals surface area contributed by atoms with Crippen molar-refractivity contribution in [2.24, 2.45) is 16.7 Å². The monoisotopic (exact) mass is 168 g/mol. The van der Waals surface area contributed by atoms with Crippen LogP contribution in [0.1, 0.15) is 33.6 Å². The summed E-state index contributed by atoms with van der Waals surface area (Å²) in [6.45, 7) is 6.23. The van der Waals surface area contributed by atoms with E-state index < -0.39 is 6.10 Å². The number of carbonyl (C=O) groups is 1. The number of Topliss-reactive ketones (excluding diaryl/α,β-unsaturated/α-hetero) is 1. The lowest BCUT2D eigenvalue weighted by atomic mass is 9.70. The fourth-order valence-corrected chi connectivity index (χ4v) is 3.04. The summed E-state index contributed by atoms with van der Waals surface area (Å²) in [7, 11) is 0. The van der Waals surface area contributed by atoms with Crippen molar-refractivity contribution >= 4 is 5.78 Å². The van der Waals surface area contributed by atoms with E-state index in [1.54, 1.807) is 0 Å². The van der Waals surface area contributed by atoms with Crippen LogP contribution in [0.3, 0.4) is 0 Å². The van der Waals surface area contributed by atoms with Gasteiger partial charge in [0, 0.05) is 5.41 Å². The van der Waals surface area contributed by atoms with Crippen LogP contribution >= 0.6 is 0 Å². The van der Waals surface area contributed by atoms with Gasteiger partial charge in [-0.25, -0.2) is 0 Å². The normalized spacial score (nSPS) is 50.2. The van der Waals surface area contributed by atoms with Gasteiger partial charge in [-0.15, -0.1) is 0 Å². The molecular formula is C10H16O2. The van der Waals surface area contributed by atoms with E-state index in [1.807, 2.05) is 6.92 Å². The Kier molecular flexibility index (Phi) is 1.32. The van der Waals surface area contributed by atoms with E-state index in [0.717, 1.165) is 12.8 Å².